The van der Waals surface area contributed by atoms with Gasteiger partial charge in [-0.1, -0.05) is 29.8 Å². The lowest BCUT2D eigenvalue weighted by molar-refractivity contribution is -0.148. The van der Waals surface area contributed by atoms with Crippen LogP contribution in [0.3, 0.4) is 0 Å². The van der Waals surface area contributed by atoms with Crippen LogP contribution in [0.4, 0.5) is 0 Å². The molecular formula is C15H15ClN2O3S. The second-order valence-corrected chi connectivity index (χ2v) is 6.08. The number of hydrogen-bond donors (Lipinski definition) is 1. The first-order chi connectivity index (χ1) is 10.4. The number of carbonyl (C=O) groups excluding carboxylic acids is 1. The van der Waals surface area contributed by atoms with Gasteiger partial charge in [-0.2, -0.15) is 0 Å². The highest BCUT2D eigenvalue weighted by atomic mass is 35.5. The first kappa shape index (κ1) is 16.5. The Morgan fingerprint density at radius 1 is 1.41 bits per heavy atom. The van der Waals surface area contributed by atoms with Gasteiger partial charge in [-0.25, -0.2) is 9.78 Å². The van der Waals surface area contributed by atoms with Crippen LogP contribution in [0.15, 0.2) is 29.6 Å². The third-order valence-electron chi connectivity index (χ3n) is 3.32. The summed E-state index contributed by atoms with van der Waals surface area (Å²) in [6, 6.07) is 6.49. The second-order valence-electron chi connectivity index (χ2n) is 4.82. The fraction of sp³-hybridized carbons (Fsp3) is 0.267. The molecule has 1 heterocycles. The van der Waals surface area contributed by atoms with Crippen LogP contribution < -0.4 is 0 Å². The van der Waals surface area contributed by atoms with Gasteiger partial charge in [0.25, 0.3) is 0 Å². The molecule has 22 heavy (non-hydrogen) atoms. The predicted molar refractivity (Wildman–Crippen MR) is 86.1 cm³/mol. The van der Waals surface area contributed by atoms with Gasteiger partial charge in [0.15, 0.2) is 0 Å². The molecule has 0 bridgehead atoms. The number of hydrogen-bond acceptors (Lipinski definition) is 4. The smallest absolute Gasteiger partial charge is 0.326 e. The molecule has 1 N–H and O–H groups in total. The zero-order valence-electron chi connectivity index (χ0n) is 12.1. The Morgan fingerprint density at radius 2 is 2.09 bits per heavy atom. The molecule has 1 atom stereocenters. The molecule has 0 aliphatic rings. The molecule has 5 nitrogen and oxygen atoms in total. The van der Waals surface area contributed by atoms with E-state index >= 15 is 0 Å². The molecule has 0 aliphatic carbocycles. The summed E-state index contributed by atoms with van der Waals surface area (Å²) in [7, 11) is 1.47. The molecule has 0 saturated heterocycles. The van der Waals surface area contributed by atoms with Gasteiger partial charge in [-0.3, -0.25) is 4.79 Å². The van der Waals surface area contributed by atoms with Crippen molar-refractivity contribution in [3.8, 4) is 10.6 Å². The van der Waals surface area contributed by atoms with Gasteiger partial charge in [0.05, 0.1) is 17.1 Å². The summed E-state index contributed by atoms with van der Waals surface area (Å²) in [6.07, 6.45) is 0.0646. The molecule has 0 fully saturated rings. The van der Waals surface area contributed by atoms with Crippen molar-refractivity contribution in [2.75, 3.05) is 7.05 Å². The number of carboxylic acid groups (broad SMARTS) is 1. The zero-order valence-corrected chi connectivity index (χ0v) is 13.7. The van der Waals surface area contributed by atoms with Crippen molar-refractivity contribution < 1.29 is 14.7 Å². The Bertz CT molecular complexity index is 702. The molecule has 0 radical (unpaired) electrons. The quantitative estimate of drug-likeness (QED) is 0.910. The van der Waals surface area contributed by atoms with E-state index in [0.717, 1.165) is 10.6 Å². The number of amides is 1. The van der Waals surface area contributed by atoms with Crippen LogP contribution in [0, 0.1) is 0 Å². The lowest BCUT2D eigenvalue weighted by atomic mass is 10.2. The third-order valence-corrected chi connectivity index (χ3v) is 4.57. The minimum atomic E-state index is -1.04. The lowest BCUT2D eigenvalue weighted by Gasteiger charge is -2.20. The number of halogens is 1. The molecule has 2 aromatic rings. The van der Waals surface area contributed by atoms with E-state index in [4.69, 9.17) is 16.7 Å². The summed E-state index contributed by atoms with van der Waals surface area (Å²) >= 11 is 7.53. The summed E-state index contributed by atoms with van der Waals surface area (Å²) in [4.78, 5) is 28.6. The van der Waals surface area contributed by atoms with Crippen LogP contribution in [-0.4, -0.2) is 40.0 Å². The maximum Gasteiger partial charge on any atom is 0.326 e. The average molecular weight is 339 g/mol. The maximum absolute atomic E-state index is 12.1. The van der Waals surface area contributed by atoms with Crippen molar-refractivity contribution >= 4 is 34.8 Å². The Balaban J connectivity index is 2.11. The van der Waals surface area contributed by atoms with E-state index in [1.807, 2.05) is 18.2 Å². The number of nitrogens with zero attached hydrogens (tertiary/aromatic N) is 2. The number of carbonyl (C=O) groups is 2. The molecule has 1 unspecified atom stereocenters. The van der Waals surface area contributed by atoms with Crippen LogP contribution in [0.5, 0.6) is 0 Å². The highest BCUT2D eigenvalue weighted by molar-refractivity contribution is 7.13. The Labute approximate surface area is 137 Å². The predicted octanol–water partition coefficient (Wildman–Crippen LogP) is 2.94. The number of likely N-dealkylation sites (N-methyl/N-ethyl adjacent to an activating group) is 1. The summed E-state index contributed by atoms with van der Waals surface area (Å²) < 4.78 is 0. The van der Waals surface area contributed by atoms with Gasteiger partial charge in [-0.05, 0) is 13.0 Å². The molecule has 7 heteroatoms. The fourth-order valence-electron chi connectivity index (χ4n) is 1.81. The Hall–Kier alpha value is -1.92. The van der Waals surface area contributed by atoms with Gasteiger partial charge in [0, 0.05) is 18.0 Å². The highest BCUT2D eigenvalue weighted by Crippen LogP contribution is 2.30. The van der Waals surface area contributed by atoms with E-state index in [9.17, 15) is 9.59 Å². The number of carboxylic acids is 1. The number of benzene rings is 1. The Morgan fingerprint density at radius 3 is 2.73 bits per heavy atom. The molecule has 2 rings (SSSR count). The SMILES string of the molecule is CC(C(=O)O)N(C)C(=O)Cc1csc(-c2ccccc2Cl)n1. The number of thiazole rings is 1. The number of aromatic nitrogens is 1. The van der Waals surface area contributed by atoms with E-state index < -0.39 is 12.0 Å². The molecule has 1 aromatic heterocycles. The first-order valence-corrected chi connectivity index (χ1v) is 7.83. The minimum absolute atomic E-state index is 0.0646. The van der Waals surface area contributed by atoms with Crippen LogP contribution in [0.2, 0.25) is 5.02 Å². The summed E-state index contributed by atoms with van der Waals surface area (Å²) in [5.74, 6) is -1.32. The average Bonchev–Trinajstić information content (AvgIpc) is 2.94. The second kappa shape index (κ2) is 6.89. The number of rotatable bonds is 5. The maximum atomic E-state index is 12.1. The van der Waals surface area contributed by atoms with E-state index in [1.165, 1.54) is 30.2 Å². The summed E-state index contributed by atoms with van der Waals surface area (Å²) in [6.45, 7) is 1.47. The molecule has 0 saturated carbocycles. The summed E-state index contributed by atoms with van der Waals surface area (Å²) in [5, 5.41) is 12.1. The van der Waals surface area contributed by atoms with E-state index in [0.29, 0.717) is 10.7 Å². The normalized spacial score (nSPS) is 12.0. The van der Waals surface area contributed by atoms with Crippen molar-refractivity contribution in [3.63, 3.8) is 0 Å². The minimum Gasteiger partial charge on any atom is -0.480 e. The highest BCUT2D eigenvalue weighted by Gasteiger charge is 2.22. The van der Waals surface area contributed by atoms with Gasteiger partial charge in [0.1, 0.15) is 11.0 Å². The molecular weight excluding hydrogens is 324 g/mol. The zero-order chi connectivity index (χ0) is 16.3. The topological polar surface area (TPSA) is 70.5 Å². The molecule has 116 valence electrons. The van der Waals surface area contributed by atoms with Crippen molar-refractivity contribution in [2.45, 2.75) is 19.4 Å². The van der Waals surface area contributed by atoms with Crippen LogP contribution in [0.25, 0.3) is 10.6 Å². The van der Waals surface area contributed by atoms with Crippen LogP contribution in [-0.2, 0) is 16.0 Å². The third kappa shape index (κ3) is 3.64. The fourth-order valence-corrected chi connectivity index (χ4v) is 2.95. The summed E-state index contributed by atoms with van der Waals surface area (Å²) in [5.41, 5.74) is 1.43. The molecule has 0 aliphatic heterocycles. The van der Waals surface area contributed by atoms with Crippen molar-refractivity contribution in [2.24, 2.45) is 0 Å². The van der Waals surface area contributed by atoms with Crippen LogP contribution >= 0.6 is 22.9 Å². The Kier molecular flexibility index (Phi) is 5.15. The van der Waals surface area contributed by atoms with Gasteiger partial charge in [0.2, 0.25) is 5.91 Å². The monoisotopic (exact) mass is 338 g/mol. The van der Waals surface area contributed by atoms with E-state index in [1.54, 1.807) is 11.4 Å². The van der Waals surface area contributed by atoms with Crippen molar-refractivity contribution in [1.82, 2.24) is 9.88 Å². The van der Waals surface area contributed by atoms with Gasteiger partial charge in [-0.15, -0.1) is 11.3 Å². The van der Waals surface area contributed by atoms with E-state index in [-0.39, 0.29) is 12.3 Å². The van der Waals surface area contributed by atoms with Gasteiger partial charge < -0.3 is 10.0 Å². The van der Waals surface area contributed by atoms with E-state index in [2.05, 4.69) is 4.98 Å². The molecule has 0 spiro atoms. The van der Waals surface area contributed by atoms with Crippen LogP contribution in [0.1, 0.15) is 12.6 Å². The van der Waals surface area contributed by atoms with Crippen molar-refractivity contribution in [3.05, 3.63) is 40.4 Å². The lowest BCUT2D eigenvalue weighted by Crippen LogP contribution is -2.41. The van der Waals surface area contributed by atoms with Gasteiger partial charge >= 0.3 is 5.97 Å². The molecule has 1 amide bonds. The largest absolute Gasteiger partial charge is 0.480 e. The first-order valence-electron chi connectivity index (χ1n) is 6.58. The standard InChI is InChI=1S/C15H15ClN2O3S/c1-9(15(20)21)18(2)13(19)7-10-8-22-14(17-10)11-5-3-4-6-12(11)16/h3-6,8-9H,7H2,1-2H3,(H,20,21). The molecule has 1 aromatic carbocycles. The van der Waals surface area contributed by atoms with Crippen molar-refractivity contribution in [1.29, 1.82) is 0 Å². The number of aliphatic carboxylic acids is 1.